The summed E-state index contributed by atoms with van der Waals surface area (Å²) in [5, 5.41) is 0. The van der Waals surface area contributed by atoms with Crippen LogP contribution >= 0.6 is 0 Å². The highest BCUT2D eigenvalue weighted by atomic mass is 32.2. The molecule has 0 N–H and O–H groups in total. The first kappa shape index (κ1) is 16.0. The molecule has 1 atom stereocenters. The monoisotopic (exact) mass is 284 g/mol. The fraction of sp³-hybridized carbons (Fsp3) is 0.600. The Morgan fingerprint density at radius 3 is 2.63 bits per heavy atom. The standard InChI is InChI=1S/C15H24O3S/c1-4-7-13(2)8-6-11-19(16,17)15-10-5-9-14(12-15)18-3/h5,9-10,12-13H,4,6-8,11H2,1-3H3. The zero-order valence-electron chi connectivity index (χ0n) is 12.1. The number of sulfone groups is 1. The van der Waals surface area contributed by atoms with E-state index in [1.807, 2.05) is 0 Å². The minimum Gasteiger partial charge on any atom is -0.497 e. The van der Waals surface area contributed by atoms with Crippen LogP contribution in [0.2, 0.25) is 0 Å². The summed E-state index contributed by atoms with van der Waals surface area (Å²) in [6.07, 6.45) is 4.01. The first-order valence-corrected chi connectivity index (χ1v) is 8.51. The van der Waals surface area contributed by atoms with Crippen LogP contribution in [0, 0.1) is 5.92 Å². The Hall–Kier alpha value is -1.03. The predicted octanol–water partition coefficient (Wildman–Crippen LogP) is 3.69. The van der Waals surface area contributed by atoms with Gasteiger partial charge in [-0.15, -0.1) is 0 Å². The molecule has 108 valence electrons. The van der Waals surface area contributed by atoms with Gasteiger partial charge in [0.15, 0.2) is 9.84 Å². The van der Waals surface area contributed by atoms with Gasteiger partial charge in [0, 0.05) is 0 Å². The molecule has 0 spiro atoms. The highest BCUT2D eigenvalue weighted by Crippen LogP contribution is 2.20. The van der Waals surface area contributed by atoms with Crippen LogP contribution in [-0.2, 0) is 9.84 Å². The molecule has 19 heavy (non-hydrogen) atoms. The quantitative estimate of drug-likeness (QED) is 0.731. The molecule has 0 saturated carbocycles. The van der Waals surface area contributed by atoms with E-state index in [1.54, 1.807) is 24.3 Å². The first-order valence-electron chi connectivity index (χ1n) is 6.86. The maximum atomic E-state index is 12.2. The molecule has 1 aromatic carbocycles. The Labute approximate surface area is 116 Å². The van der Waals surface area contributed by atoms with E-state index in [2.05, 4.69) is 13.8 Å². The third kappa shape index (κ3) is 5.23. The summed E-state index contributed by atoms with van der Waals surface area (Å²) >= 11 is 0. The number of benzene rings is 1. The molecule has 1 unspecified atom stereocenters. The lowest BCUT2D eigenvalue weighted by Gasteiger charge is -2.10. The minimum atomic E-state index is -3.18. The van der Waals surface area contributed by atoms with E-state index < -0.39 is 9.84 Å². The fourth-order valence-corrected chi connectivity index (χ4v) is 3.54. The SMILES string of the molecule is CCCC(C)CCCS(=O)(=O)c1cccc(OC)c1. The van der Waals surface area contributed by atoms with Crippen LogP contribution in [0.15, 0.2) is 29.2 Å². The van der Waals surface area contributed by atoms with E-state index in [1.165, 1.54) is 13.5 Å². The second kappa shape index (κ2) is 7.53. The van der Waals surface area contributed by atoms with Gasteiger partial charge in [-0.05, 0) is 37.0 Å². The molecule has 1 aromatic rings. The smallest absolute Gasteiger partial charge is 0.178 e. The van der Waals surface area contributed by atoms with E-state index in [0.29, 0.717) is 16.6 Å². The summed E-state index contributed by atoms with van der Waals surface area (Å²) in [6, 6.07) is 6.69. The molecule has 0 aliphatic carbocycles. The molecule has 0 aliphatic heterocycles. The van der Waals surface area contributed by atoms with Crippen molar-refractivity contribution < 1.29 is 13.2 Å². The highest BCUT2D eigenvalue weighted by Gasteiger charge is 2.15. The summed E-state index contributed by atoms with van der Waals surface area (Å²) in [5.74, 6) is 1.40. The Balaban J connectivity index is 2.60. The van der Waals surface area contributed by atoms with E-state index in [9.17, 15) is 8.42 Å². The molecule has 0 radical (unpaired) electrons. The topological polar surface area (TPSA) is 43.4 Å². The van der Waals surface area contributed by atoms with Crippen LogP contribution in [0.25, 0.3) is 0 Å². The second-order valence-electron chi connectivity index (χ2n) is 5.03. The predicted molar refractivity (Wildman–Crippen MR) is 78.4 cm³/mol. The van der Waals surface area contributed by atoms with Gasteiger partial charge in [-0.2, -0.15) is 0 Å². The van der Waals surface area contributed by atoms with Crippen LogP contribution in [0.1, 0.15) is 39.5 Å². The van der Waals surface area contributed by atoms with Gasteiger partial charge in [0.2, 0.25) is 0 Å². The molecule has 0 aromatic heterocycles. The summed E-state index contributed by atoms with van der Waals surface area (Å²) in [5.41, 5.74) is 0. The minimum absolute atomic E-state index is 0.216. The molecular formula is C15H24O3S. The first-order chi connectivity index (χ1) is 8.99. The normalized spacial score (nSPS) is 13.2. The molecule has 0 bridgehead atoms. The lowest BCUT2D eigenvalue weighted by Crippen LogP contribution is -2.08. The van der Waals surface area contributed by atoms with Crippen molar-refractivity contribution in [3.63, 3.8) is 0 Å². The van der Waals surface area contributed by atoms with Crippen molar-refractivity contribution >= 4 is 9.84 Å². The third-order valence-electron chi connectivity index (χ3n) is 3.29. The summed E-state index contributed by atoms with van der Waals surface area (Å²) in [7, 11) is -1.64. The zero-order valence-corrected chi connectivity index (χ0v) is 12.9. The van der Waals surface area contributed by atoms with Crippen molar-refractivity contribution in [1.29, 1.82) is 0 Å². The third-order valence-corrected chi connectivity index (χ3v) is 5.09. The van der Waals surface area contributed by atoms with E-state index in [4.69, 9.17) is 4.74 Å². The average Bonchev–Trinajstić information content (AvgIpc) is 2.39. The number of methoxy groups -OCH3 is 1. The Kier molecular flexibility index (Phi) is 6.35. The van der Waals surface area contributed by atoms with Crippen molar-refractivity contribution in [1.82, 2.24) is 0 Å². The fourth-order valence-electron chi connectivity index (χ4n) is 2.17. The van der Waals surface area contributed by atoms with Gasteiger partial charge >= 0.3 is 0 Å². The van der Waals surface area contributed by atoms with Gasteiger partial charge in [0.05, 0.1) is 17.8 Å². The van der Waals surface area contributed by atoms with Gasteiger partial charge in [-0.1, -0.05) is 32.8 Å². The largest absolute Gasteiger partial charge is 0.497 e. The van der Waals surface area contributed by atoms with Gasteiger partial charge in [0.25, 0.3) is 0 Å². The van der Waals surface area contributed by atoms with Crippen LogP contribution in [0.5, 0.6) is 5.75 Å². The van der Waals surface area contributed by atoms with Crippen LogP contribution < -0.4 is 4.74 Å². The number of ether oxygens (including phenoxy) is 1. The van der Waals surface area contributed by atoms with Crippen LogP contribution in [0.4, 0.5) is 0 Å². The molecule has 0 fully saturated rings. The van der Waals surface area contributed by atoms with Gasteiger partial charge in [-0.3, -0.25) is 0 Å². The van der Waals surface area contributed by atoms with Crippen molar-refractivity contribution in [3.05, 3.63) is 24.3 Å². The van der Waals surface area contributed by atoms with E-state index in [-0.39, 0.29) is 5.75 Å². The Morgan fingerprint density at radius 1 is 1.26 bits per heavy atom. The zero-order chi connectivity index (χ0) is 14.3. The summed E-state index contributed by atoms with van der Waals surface area (Å²) in [6.45, 7) is 4.34. The molecule has 0 saturated heterocycles. The van der Waals surface area contributed by atoms with Gasteiger partial charge < -0.3 is 4.74 Å². The Bertz CT molecular complexity index is 480. The van der Waals surface area contributed by atoms with Crippen molar-refractivity contribution in [2.45, 2.75) is 44.4 Å². The maximum absolute atomic E-state index is 12.2. The van der Waals surface area contributed by atoms with Gasteiger partial charge in [0.1, 0.15) is 5.75 Å². The molecule has 0 heterocycles. The molecular weight excluding hydrogens is 260 g/mol. The average molecular weight is 284 g/mol. The molecule has 4 heteroatoms. The maximum Gasteiger partial charge on any atom is 0.178 e. The molecule has 1 rings (SSSR count). The summed E-state index contributed by atoms with van der Waals surface area (Å²) in [4.78, 5) is 0.356. The lowest BCUT2D eigenvalue weighted by atomic mass is 10.0. The Morgan fingerprint density at radius 2 is 2.00 bits per heavy atom. The van der Waals surface area contributed by atoms with Crippen molar-refractivity contribution in [2.75, 3.05) is 12.9 Å². The van der Waals surface area contributed by atoms with Gasteiger partial charge in [-0.25, -0.2) is 8.42 Å². The van der Waals surface area contributed by atoms with Crippen LogP contribution in [0.3, 0.4) is 0 Å². The van der Waals surface area contributed by atoms with Crippen molar-refractivity contribution in [3.8, 4) is 5.75 Å². The summed E-state index contributed by atoms with van der Waals surface area (Å²) < 4.78 is 29.4. The molecule has 0 amide bonds. The van der Waals surface area contributed by atoms with E-state index >= 15 is 0 Å². The second-order valence-corrected chi connectivity index (χ2v) is 7.14. The molecule has 3 nitrogen and oxygen atoms in total. The van der Waals surface area contributed by atoms with Crippen LogP contribution in [-0.4, -0.2) is 21.3 Å². The number of hydrogen-bond acceptors (Lipinski definition) is 3. The number of rotatable bonds is 8. The van der Waals surface area contributed by atoms with E-state index in [0.717, 1.165) is 19.3 Å². The lowest BCUT2D eigenvalue weighted by molar-refractivity contribution is 0.413. The molecule has 0 aliphatic rings. The van der Waals surface area contributed by atoms with Crippen molar-refractivity contribution in [2.24, 2.45) is 5.92 Å². The number of hydrogen-bond donors (Lipinski definition) is 0. The highest BCUT2D eigenvalue weighted by molar-refractivity contribution is 7.91.